The Morgan fingerprint density at radius 3 is 2.50 bits per heavy atom. The summed E-state index contributed by atoms with van der Waals surface area (Å²) in [5, 5.41) is 13.8. The van der Waals surface area contributed by atoms with Crippen LogP contribution in [0.1, 0.15) is 63.7 Å². The molecule has 0 aromatic carbocycles. The zero-order valence-corrected chi connectivity index (χ0v) is 14.7. The molecule has 0 spiro atoms. The Bertz CT molecular complexity index is 613. The van der Waals surface area contributed by atoms with Crippen LogP contribution in [0, 0.1) is 0 Å². The first-order valence-electron chi connectivity index (χ1n) is 8.05. The smallest absolute Gasteiger partial charge is 0.234 e. The summed E-state index contributed by atoms with van der Waals surface area (Å²) in [7, 11) is 0. The van der Waals surface area contributed by atoms with Gasteiger partial charge in [-0.3, -0.25) is 4.79 Å². The van der Waals surface area contributed by atoms with Gasteiger partial charge in [-0.2, -0.15) is 9.61 Å². The maximum absolute atomic E-state index is 12.3. The summed E-state index contributed by atoms with van der Waals surface area (Å²) in [6.07, 6.45) is 3.19. The van der Waals surface area contributed by atoms with E-state index >= 15 is 0 Å². The highest BCUT2D eigenvalue weighted by atomic mass is 32.1. The number of hydrogen-bond acceptors (Lipinski definition) is 5. The lowest BCUT2D eigenvalue weighted by Gasteiger charge is -2.21. The molecular formula is C15H25N5OS. The average molecular weight is 323 g/mol. The summed E-state index contributed by atoms with van der Waals surface area (Å²) in [4.78, 5) is 15.1. The maximum atomic E-state index is 12.3. The van der Waals surface area contributed by atoms with E-state index < -0.39 is 0 Å². The fourth-order valence-electron chi connectivity index (χ4n) is 2.41. The van der Waals surface area contributed by atoms with E-state index in [4.69, 9.17) is 0 Å². The zero-order valence-electron chi connectivity index (χ0n) is 13.9. The average Bonchev–Trinajstić information content (AvgIpc) is 3.03. The minimum atomic E-state index is 0.221. The van der Waals surface area contributed by atoms with Gasteiger partial charge in [0, 0.05) is 31.8 Å². The molecule has 0 bridgehead atoms. The number of carbonyl (C=O) groups is 1. The minimum Gasteiger partial charge on any atom is -0.343 e. The first-order valence-corrected chi connectivity index (χ1v) is 8.87. The highest BCUT2D eigenvalue weighted by Gasteiger charge is 2.16. The number of amides is 1. The fourth-order valence-corrected chi connectivity index (χ4v) is 3.25. The first kappa shape index (κ1) is 16.9. The minimum absolute atomic E-state index is 0.221. The van der Waals surface area contributed by atoms with Crippen molar-refractivity contribution in [3.05, 3.63) is 10.8 Å². The Morgan fingerprint density at radius 1 is 1.23 bits per heavy atom. The lowest BCUT2D eigenvalue weighted by atomic mass is 10.2. The van der Waals surface area contributed by atoms with Gasteiger partial charge >= 0.3 is 0 Å². The van der Waals surface area contributed by atoms with Gasteiger partial charge in [-0.05, 0) is 12.8 Å². The number of rotatable bonds is 8. The van der Waals surface area contributed by atoms with Crippen LogP contribution >= 0.6 is 11.3 Å². The van der Waals surface area contributed by atoms with Crippen LogP contribution in [0.2, 0.25) is 0 Å². The standard InChI is InChI=1S/C15H25N5OS/c1-5-9-19(10-6-2)13(21)8-7-12-18-20-14(11(3)4)16-17-15(20)22-12/h11H,5-10H2,1-4H3. The molecule has 0 radical (unpaired) electrons. The fraction of sp³-hybridized carbons (Fsp3) is 0.733. The summed E-state index contributed by atoms with van der Waals surface area (Å²) in [6, 6.07) is 0. The van der Waals surface area contributed by atoms with E-state index in [-0.39, 0.29) is 11.8 Å². The summed E-state index contributed by atoms with van der Waals surface area (Å²) in [5.74, 6) is 1.39. The van der Waals surface area contributed by atoms with Crippen molar-refractivity contribution in [1.82, 2.24) is 24.7 Å². The van der Waals surface area contributed by atoms with Crippen molar-refractivity contribution in [1.29, 1.82) is 0 Å². The van der Waals surface area contributed by atoms with Gasteiger partial charge < -0.3 is 4.90 Å². The summed E-state index contributed by atoms with van der Waals surface area (Å²) < 4.78 is 1.81. The largest absolute Gasteiger partial charge is 0.343 e. The third-order valence-electron chi connectivity index (χ3n) is 3.47. The number of aromatic nitrogens is 4. The van der Waals surface area contributed by atoms with Crippen LogP contribution in [0.3, 0.4) is 0 Å². The Labute approximate surface area is 135 Å². The number of nitrogens with zero attached hydrogens (tertiary/aromatic N) is 5. The number of aryl methyl sites for hydroxylation is 1. The van der Waals surface area contributed by atoms with Crippen LogP contribution in [0.5, 0.6) is 0 Å². The SMILES string of the molecule is CCCN(CCC)C(=O)CCc1nn2c(C(C)C)nnc2s1. The first-order chi connectivity index (χ1) is 10.6. The van der Waals surface area contributed by atoms with Crippen molar-refractivity contribution in [2.45, 2.75) is 59.3 Å². The molecule has 0 unspecified atom stereocenters. The van der Waals surface area contributed by atoms with Crippen molar-refractivity contribution in [2.24, 2.45) is 0 Å². The molecule has 2 aromatic rings. The highest BCUT2D eigenvalue weighted by Crippen LogP contribution is 2.19. The van der Waals surface area contributed by atoms with Crippen molar-refractivity contribution in [3.63, 3.8) is 0 Å². The summed E-state index contributed by atoms with van der Waals surface area (Å²) >= 11 is 1.52. The molecule has 1 amide bonds. The van der Waals surface area contributed by atoms with E-state index in [1.165, 1.54) is 11.3 Å². The summed E-state index contributed by atoms with van der Waals surface area (Å²) in [6.45, 7) is 10.0. The van der Waals surface area contributed by atoms with Gasteiger partial charge in [-0.25, -0.2) is 0 Å². The van der Waals surface area contributed by atoms with E-state index in [0.717, 1.165) is 41.7 Å². The quantitative estimate of drug-likeness (QED) is 0.749. The predicted octanol–water partition coefficient (Wildman–Crippen LogP) is 2.89. The molecule has 6 nitrogen and oxygen atoms in total. The van der Waals surface area contributed by atoms with Gasteiger partial charge in [0.1, 0.15) is 5.01 Å². The summed E-state index contributed by atoms with van der Waals surface area (Å²) in [5.41, 5.74) is 0. The zero-order chi connectivity index (χ0) is 16.1. The molecule has 2 aromatic heterocycles. The van der Waals surface area contributed by atoms with E-state index in [2.05, 4.69) is 43.0 Å². The van der Waals surface area contributed by atoms with E-state index in [1.807, 2.05) is 9.42 Å². The lowest BCUT2D eigenvalue weighted by Crippen LogP contribution is -2.32. The predicted molar refractivity (Wildman–Crippen MR) is 88.2 cm³/mol. The normalized spacial score (nSPS) is 11.5. The van der Waals surface area contributed by atoms with Crippen LogP contribution in [-0.4, -0.2) is 43.7 Å². The monoisotopic (exact) mass is 323 g/mol. The number of fused-ring (bicyclic) bond motifs is 1. The van der Waals surface area contributed by atoms with Crippen LogP contribution < -0.4 is 0 Å². The van der Waals surface area contributed by atoms with Crippen molar-refractivity contribution in [2.75, 3.05) is 13.1 Å². The van der Waals surface area contributed by atoms with Crippen LogP contribution in [0.4, 0.5) is 0 Å². The Morgan fingerprint density at radius 2 is 1.91 bits per heavy atom. The highest BCUT2D eigenvalue weighted by molar-refractivity contribution is 7.16. The van der Waals surface area contributed by atoms with E-state index in [0.29, 0.717) is 12.8 Å². The van der Waals surface area contributed by atoms with Crippen molar-refractivity contribution < 1.29 is 4.79 Å². The second kappa shape index (κ2) is 7.67. The van der Waals surface area contributed by atoms with Gasteiger partial charge in [-0.1, -0.05) is 39.0 Å². The molecule has 0 saturated heterocycles. The second-order valence-corrected chi connectivity index (χ2v) is 6.82. The molecule has 0 fully saturated rings. The molecule has 2 rings (SSSR count). The van der Waals surface area contributed by atoms with Crippen LogP contribution in [-0.2, 0) is 11.2 Å². The topological polar surface area (TPSA) is 63.4 Å². The molecule has 122 valence electrons. The molecule has 7 heteroatoms. The van der Waals surface area contributed by atoms with Crippen LogP contribution in [0.25, 0.3) is 4.96 Å². The van der Waals surface area contributed by atoms with Gasteiger partial charge in [0.15, 0.2) is 5.82 Å². The Hall–Kier alpha value is -1.50. The molecule has 0 atom stereocenters. The third kappa shape index (κ3) is 3.82. The molecule has 0 N–H and O–H groups in total. The Kier molecular flexibility index (Phi) is 5.88. The third-order valence-corrected chi connectivity index (χ3v) is 4.42. The molecular weight excluding hydrogens is 298 g/mol. The number of hydrogen-bond donors (Lipinski definition) is 0. The van der Waals surface area contributed by atoms with Crippen molar-refractivity contribution in [3.8, 4) is 0 Å². The van der Waals surface area contributed by atoms with Gasteiger partial charge in [0.25, 0.3) is 0 Å². The maximum Gasteiger partial charge on any atom is 0.234 e. The van der Waals surface area contributed by atoms with E-state index in [9.17, 15) is 4.79 Å². The molecule has 22 heavy (non-hydrogen) atoms. The van der Waals surface area contributed by atoms with E-state index in [1.54, 1.807) is 0 Å². The van der Waals surface area contributed by atoms with Gasteiger partial charge in [-0.15, -0.1) is 10.2 Å². The molecule has 0 aliphatic heterocycles. The lowest BCUT2D eigenvalue weighted by molar-refractivity contribution is -0.131. The Balaban J connectivity index is 2.00. The van der Waals surface area contributed by atoms with Crippen molar-refractivity contribution >= 4 is 22.2 Å². The second-order valence-electron chi connectivity index (χ2n) is 5.78. The molecule has 0 aliphatic carbocycles. The molecule has 0 aliphatic rings. The molecule has 2 heterocycles. The van der Waals surface area contributed by atoms with Crippen LogP contribution in [0.15, 0.2) is 0 Å². The van der Waals surface area contributed by atoms with Gasteiger partial charge in [0.2, 0.25) is 10.9 Å². The molecule has 0 saturated carbocycles. The number of carbonyl (C=O) groups excluding carboxylic acids is 1. The van der Waals surface area contributed by atoms with Gasteiger partial charge in [0.05, 0.1) is 0 Å².